The summed E-state index contributed by atoms with van der Waals surface area (Å²) in [4.78, 5) is 40.2. The quantitative estimate of drug-likeness (QED) is 0.805. The lowest BCUT2D eigenvalue weighted by atomic mass is 10.2. The number of carboxylic acid groups (broad SMARTS) is 1. The number of hydrogen-bond acceptors (Lipinski definition) is 5. The van der Waals surface area contributed by atoms with Crippen LogP contribution in [0.2, 0.25) is 0 Å². The maximum atomic E-state index is 12.3. The third-order valence-electron chi connectivity index (χ3n) is 3.45. The standard InChI is InChI=1S/C14H17N3O4S/c1-7-10-13(16-8(2)17(3)14(10)21)22-11(7)12(20)15-6-4-5-9(18)19/h4-6H2,1-3H3,(H,15,20)(H,18,19). The van der Waals surface area contributed by atoms with Crippen LogP contribution in [0.5, 0.6) is 0 Å². The Balaban J connectivity index is 2.27. The molecule has 0 fully saturated rings. The molecule has 2 rings (SSSR count). The molecular weight excluding hydrogens is 306 g/mol. The zero-order valence-electron chi connectivity index (χ0n) is 12.6. The summed E-state index contributed by atoms with van der Waals surface area (Å²) in [6.45, 7) is 3.74. The minimum Gasteiger partial charge on any atom is -0.481 e. The molecular formula is C14H17N3O4S. The van der Waals surface area contributed by atoms with Gasteiger partial charge in [-0.05, 0) is 25.8 Å². The number of thiophene rings is 1. The number of fused-ring (bicyclic) bond motifs is 1. The zero-order valence-corrected chi connectivity index (χ0v) is 13.4. The van der Waals surface area contributed by atoms with Crippen LogP contribution < -0.4 is 10.9 Å². The molecule has 0 aliphatic rings. The zero-order chi connectivity index (χ0) is 16.4. The Labute approximate surface area is 130 Å². The molecule has 0 spiro atoms. The highest BCUT2D eigenvalue weighted by Gasteiger charge is 2.19. The van der Waals surface area contributed by atoms with Gasteiger partial charge in [0.2, 0.25) is 0 Å². The number of aliphatic carboxylic acids is 1. The molecule has 2 heterocycles. The van der Waals surface area contributed by atoms with E-state index in [0.717, 1.165) is 0 Å². The molecule has 0 bridgehead atoms. The molecule has 2 aromatic heterocycles. The topological polar surface area (TPSA) is 101 Å². The third-order valence-corrected chi connectivity index (χ3v) is 4.64. The van der Waals surface area contributed by atoms with E-state index in [1.807, 2.05) is 0 Å². The Kier molecular flexibility index (Phi) is 4.60. The van der Waals surface area contributed by atoms with Crippen LogP contribution in [0.4, 0.5) is 0 Å². The van der Waals surface area contributed by atoms with Gasteiger partial charge in [-0.2, -0.15) is 0 Å². The van der Waals surface area contributed by atoms with E-state index in [4.69, 9.17) is 5.11 Å². The Hall–Kier alpha value is -2.22. The fourth-order valence-electron chi connectivity index (χ4n) is 2.10. The van der Waals surface area contributed by atoms with E-state index in [2.05, 4.69) is 10.3 Å². The van der Waals surface area contributed by atoms with E-state index in [1.54, 1.807) is 20.9 Å². The van der Waals surface area contributed by atoms with Gasteiger partial charge >= 0.3 is 5.97 Å². The van der Waals surface area contributed by atoms with Gasteiger partial charge in [0, 0.05) is 20.0 Å². The molecule has 0 aromatic carbocycles. The summed E-state index contributed by atoms with van der Waals surface area (Å²) in [7, 11) is 1.65. The molecule has 0 saturated heterocycles. The Morgan fingerprint density at radius 1 is 1.36 bits per heavy atom. The fourth-order valence-corrected chi connectivity index (χ4v) is 3.24. The van der Waals surface area contributed by atoms with Crippen molar-refractivity contribution >= 4 is 33.4 Å². The van der Waals surface area contributed by atoms with Gasteiger partial charge in [-0.15, -0.1) is 11.3 Å². The summed E-state index contributed by atoms with van der Waals surface area (Å²) in [5, 5.41) is 11.7. The first-order valence-electron chi connectivity index (χ1n) is 6.79. The van der Waals surface area contributed by atoms with Crippen LogP contribution >= 0.6 is 11.3 Å². The van der Waals surface area contributed by atoms with Gasteiger partial charge in [-0.3, -0.25) is 19.0 Å². The van der Waals surface area contributed by atoms with E-state index in [1.165, 1.54) is 15.9 Å². The summed E-state index contributed by atoms with van der Waals surface area (Å²) in [5.41, 5.74) is 0.449. The number of aromatic nitrogens is 2. The van der Waals surface area contributed by atoms with Crippen molar-refractivity contribution in [1.82, 2.24) is 14.9 Å². The van der Waals surface area contributed by atoms with Crippen molar-refractivity contribution in [2.45, 2.75) is 26.7 Å². The molecule has 0 saturated carbocycles. The van der Waals surface area contributed by atoms with Crippen LogP contribution in [-0.4, -0.2) is 33.1 Å². The number of nitrogens with zero attached hydrogens (tertiary/aromatic N) is 2. The van der Waals surface area contributed by atoms with Crippen molar-refractivity contribution in [2.24, 2.45) is 7.05 Å². The predicted molar refractivity (Wildman–Crippen MR) is 83.5 cm³/mol. The molecule has 2 aromatic rings. The summed E-state index contributed by atoms with van der Waals surface area (Å²) < 4.78 is 1.45. The van der Waals surface area contributed by atoms with Gasteiger partial charge in [0.15, 0.2) is 0 Å². The average Bonchev–Trinajstić information content (AvgIpc) is 2.77. The molecule has 2 N–H and O–H groups in total. The van der Waals surface area contributed by atoms with Gasteiger partial charge in [0.1, 0.15) is 10.7 Å². The summed E-state index contributed by atoms with van der Waals surface area (Å²) in [5.74, 6) is -0.603. The monoisotopic (exact) mass is 323 g/mol. The van der Waals surface area contributed by atoms with Crippen LogP contribution in [0, 0.1) is 13.8 Å². The Morgan fingerprint density at radius 3 is 2.68 bits per heavy atom. The van der Waals surface area contributed by atoms with Crippen molar-refractivity contribution in [2.75, 3.05) is 6.54 Å². The fraction of sp³-hybridized carbons (Fsp3) is 0.429. The normalized spacial score (nSPS) is 10.9. The molecule has 0 radical (unpaired) electrons. The van der Waals surface area contributed by atoms with Gasteiger partial charge in [-0.25, -0.2) is 4.98 Å². The highest BCUT2D eigenvalue weighted by molar-refractivity contribution is 7.20. The van der Waals surface area contributed by atoms with Crippen LogP contribution in [-0.2, 0) is 11.8 Å². The molecule has 0 unspecified atom stereocenters. The van der Waals surface area contributed by atoms with Gasteiger partial charge in [0.25, 0.3) is 11.5 Å². The first-order valence-corrected chi connectivity index (χ1v) is 7.61. The van der Waals surface area contributed by atoms with Crippen LogP contribution in [0.15, 0.2) is 4.79 Å². The number of rotatable bonds is 5. The maximum Gasteiger partial charge on any atom is 0.303 e. The van der Waals surface area contributed by atoms with E-state index in [-0.39, 0.29) is 24.4 Å². The van der Waals surface area contributed by atoms with Crippen molar-refractivity contribution in [1.29, 1.82) is 0 Å². The highest BCUT2D eigenvalue weighted by atomic mass is 32.1. The number of aryl methyl sites for hydroxylation is 2. The molecule has 1 amide bonds. The SMILES string of the molecule is Cc1c(C(=O)NCCCC(=O)O)sc2nc(C)n(C)c(=O)c12. The van der Waals surface area contributed by atoms with Crippen LogP contribution in [0.3, 0.4) is 0 Å². The van der Waals surface area contributed by atoms with Crippen molar-refractivity contribution in [3.8, 4) is 0 Å². The first-order chi connectivity index (χ1) is 10.3. The molecule has 8 heteroatoms. The molecule has 22 heavy (non-hydrogen) atoms. The molecule has 0 atom stereocenters. The maximum absolute atomic E-state index is 12.3. The third kappa shape index (κ3) is 3.01. The van der Waals surface area contributed by atoms with Gasteiger partial charge < -0.3 is 10.4 Å². The van der Waals surface area contributed by atoms with Gasteiger partial charge in [0.05, 0.1) is 10.3 Å². The summed E-state index contributed by atoms with van der Waals surface area (Å²) in [6, 6.07) is 0. The highest BCUT2D eigenvalue weighted by Crippen LogP contribution is 2.27. The van der Waals surface area contributed by atoms with E-state index in [9.17, 15) is 14.4 Å². The van der Waals surface area contributed by atoms with Crippen LogP contribution in [0.1, 0.15) is 33.9 Å². The number of carbonyl (C=O) groups excluding carboxylic acids is 1. The van der Waals surface area contributed by atoms with Crippen molar-refractivity contribution in [3.05, 3.63) is 26.6 Å². The number of hydrogen-bond donors (Lipinski definition) is 2. The lowest BCUT2D eigenvalue weighted by Crippen LogP contribution is -2.25. The Morgan fingerprint density at radius 2 is 2.05 bits per heavy atom. The average molecular weight is 323 g/mol. The lowest BCUT2D eigenvalue weighted by Gasteiger charge is -2.03. The minimum absolute atomic E-state index is 0.00692. The smallest absolute Gasteiger partial charge is 0.303 e. The minimum atomic E-state index is -0.893. The van der Waals surface area contributed by atoms with E-state index in [0.29, 0.717) is 32.9 Å². The number of carbonyl (C=O) groups is 2. The molecule has 0 aliphatic carbocycles. The Bertz CT molecular complexity index is 807. The molecule has 7 nitrogen and oxygen atoms in total. The number of nitrogens with one attached hydrogen (secondary N) is 1. The largest absolute Gasteiger partial charge is 0.481 e. The number of amides is 1. The summed E-state index contributed by atoms with van der Waals surface area (Å²) >= 11 is 1.18. The first kappa shape index (κ1) is 16.2. The second kappa shape index (κ2) is 6.27. The van der Waals surface area contributed by atoms with Gasteiger partial charge in [-0.1, -0.05) is 0 Å². The lowest BCUT2D eigenvalue weighted by molar-refractivity contribution is -0.137. The second-order valence-corrected chi connectivity index (χ2v) is 6.01. The van der Waals surface area contributed by atoms with E-state index >= 15 is 0 Å². The summed E-state index contributed by atoms with van der Waals surface area (Å²) in [6.07, 6.45) is 0.372. The van der Waals surface area contributed by atoms with E-state index < -0.39 is 5.97 Å². The second-order valence-electron chi connectivity index (χ2n) is 5.01. The molecule has 118 valence electrons. The van der Waals surface area contributed by atoms with Crippen molar-refractivity contribution in [3.63, 3.8) is 0 Å². The number of carboxylic acids is 1. The van der Waals surface area contributed by atoms with Crippen LogP contribution in [0.25, 0.3) is 10.2 Å². The predicted octanol–water partition coefficient (Wildman–Crippen LogP) is 1.21. The molecule has 0 aliphatic heterocycles. The van der Waals surface area contributed by atoms with Crippen molar-refractivity contribution < 1.29 is 14.7 Å².